The Hall–Kier alpha value is -2.70. The Morgan fingerprint density at radius 2 is 1.69 bits per heavy atom. The van der Waals surface area contributed by atoms with Crippen molar-refractivity contribution in [3.05, 3.63) is 81.8 Å². The summed E-state index contributed by atoms with van der Waals surface area (Å²) in [5, 5.41) is 25.7. The van der Waals surface area contributed by atoms with Crippen molar-refractivity contribution >= 4 is 67.1 Å². The second kappa shape index (κ2) is 12.6. The molecule has 0 aromatic heterocycles. The molecule has 1 amide bonds. The standard InChI is InChI=1S/C26H21Cl2N3O6S.Na/c1-3-16-19(27)10-11-22(38(34,35)36)23(16)30-31-24-17-7-5-4-6-14(17)12-18(25(24)32)26(33)29-15-8-9-20(28)21(13-15)37-2;/h4-13,32H,3H2,1-2H3,(H,29,33)(H,34,35,36);/q;+1/p-1. The zero-order valence-corrected chi connectivity index (χ0v) is 25.4. The molecule has 9 nitrogen and oxygen atoms in total. The molecule has 0 heterocycles. The third kappa shape index (κ3) is 6.55. The van der Waals surface area contributed by atoms with Crippen molar-refractivity contribution in [1.29, 1.82) is 0 Å². The molecule has 0 saturated heterocycles. The van der Waals surface area contributed by atoms with Crippen LogP contribution in [0.25, 0.3) is 10.8 Å². The van der Waals surface area contributed by atoms with Crippen LogP contribution in [0.2, 0.25) is 10.0 Å². The quantitative estimate of drug-likeness (QED) is 0.189. The van der Waals surface area contributed by atoms with Crippen LogP contribution in [0.4, 0.5) is 17.1 Å². The maximum absolute atomic E-state index is 13.5. The minimum absolute atomic E-state index is 0. The predicted molar refractivity (Wildman–Crippen MR) is 144 cm³/mol. The van der Waals surface area contributed by atoms with Gasteiger partial charge in [0.05, 0.1) is 17.8 Å². The van der Waals surface area contributed by atoms with Crippen LogP contribution >= 0.6 is 23.2 Å². The maximum atomic E-state index is 13.5. The number of anilines is 1. The van der Waals surface area contributed by atoms with E-state index in [1.165, 1.54) is 31.4 Å². The van der Waals surface area contributed by atoms with Crippen LogP contribution in [0.5, 0.6) is 11.5 Å². The number of rotatable bonds is 7. The summed E-state index contributed by atoms with van der Waals surface area (Å²) >= 11 is 12.3. The van der Waals surface area contributed by atoms with E-state index in [1.807, 2.05) is 0 Å². The van der Waals surface area contributed by atoms with E-state index in [1.54, 1.807) is 37.3 Å². The van der Waals surface area contributed by atoms with E-state index in [4.69, 9.17) is 27.9 Å². The van der Waals surface area contributed by atoms with E-state index in [2.05, 4.69) is 15.5 Å². The zero-order chi connectivity index (χ0) is 27.6. The van der Waals surface area contributed by atoms with Crippen molar-refractivity contribution in [2.75, 3.05) is 12.4 Å². The molecule has 0 aliphatic heterocycles. The Balaban J connectivity index is 0.00000420. The Morgan fingerprint density at radius 3 is 2.36 bits per heavy atom. The van der Waals surface area contributed by atoms with Crippen molar-refractivity contribution < 1.29 is 57.2 Å². The summed E-state index contributed by atoms with van der Waals surface area (Å²) in [7, 11) is -3.25. The Labute approximate surface area is 256 Å². The number of nitrogens with zero attached hydrogens (tertiary/aromatic N) is 2. The van der Waals surface area contributed by atoms with Crippen molar-refractivity contribution in [1.82, 2.24) is 0 Å². The summed E-state index contributed by atoms with van der Waals surface area (Å²) in [6, 6.07) is 15.2. The second-order valence-electron chi connectivity index (χ2n) is 8.03. The number of carbonyl (C=O) groups excluding carboxylic acids is 1. The monoisotopic (exact) mass is 595 g/mol. The molecule has 0 bridgehead atoms. The topological polar surface area (TPSA) is 140 Å². The first-order valence-corrected chi connectivity index (χ1v) is 13.3. The summed E-state index contributed by atoms with van der Waals surface area (Å²) in [5.74, 6) is -1.11. The van der Waals surface area contributed by atoms with E-state index in [0.29, 0.717) is 32.8 Å². The Bertz CT molecular complexity index is 1710. The van der Waals surface area contributed by atoms with Gasteiger partial charge in [-0.15, -0.1) is 5.11 Å². The van der Waals surface area contributed by atoms with Gasteiger partial charge in [0.25, 0.3) is 16.0 Å². The second-order valence-corrected chi connectivity index (χ2v) is 10.2. The summed E-state index contributed by atoms with van der Waals surface area (Å²) in [6.07, 6.45) is 0.272. The number of methoxy groups -OCH3 is 1. The number of hydrogen-bond donors (Lipinski definition) is 2. The normalized spacial score (nSPS) is 11.4. The molecule has 39 heavy (non-hydrogen) atoms. The Morgan fingerprint density at radius 1 is 1.03 bits per heavy atom. The number of ether oxygens (including phenoxy) is 1. The van der Waals surface area contributed by atoms with Crippen LogP contribution in [0.3, 0.4) is 0 Å². The first-order chi connectivity index (χ1) is 18.0. The fraction of sp³-hybridized carbons (Fsp3) is 0.115. The van der Waals surface area contributed by atoms with Crippen molar-refractivity contribution in [3.63, 3.8) is 0 Å². The predicted octanol–water partition coefficient (Wildman–Crippen LogP) is 3.71. The molecule has 196 valence electrons. The third-order valence-electron chi connectivity index (χ3n) is 5.70. The van der Waals surface area contributed by atoms with Crippen LogP contribution in [-0.4, -0.2) is 26.0 Å². The van der Waals surface area contributed by atoms with Gasteiger partial charge < -0.3 is 15.2 Å². The van der Waals surface area contributed by atoms with Gasteiger partial charge in [-0.25, -0.2) is 0 Å². The van der Waals surface area contributed by atoms with Crippen LogP contribution in [0, 0.1) is 0 Å². The first kappa shape index (κ1) is 30.8. The van der Waals surface area contributed by atoms with Gasteiger partial charge in [-0.05, 0) is 47.7 Å². The molecule has 0 fully saturated rings. The number of nitrogens with one attached hydrogen (secondary N) is 1. The number of halogens is 2. The molecule has 0 spiro atoms. The first-order valence-electron chi connectivity index (χ1n) is 11.1. The fourth-order valence-electron chi connectivity index (χ4n) is 3.86. The van der Waals surface area contributed by atoms with E-state index >= 15 is 0 Å². The average molecular weight is 596 g/mol. The van der Waals surface area contributed by atoms with Crippen molar-refractivity contribution in [2.24, 2.45) is 10.2 Å². The van der Waals surface area contributed by atoms with Crippen LogP contribution in [0.15, 0.2) is 75.8 Å². The number of hydrogen-bond acceptors (Lipinski definition) is 7. The summed E-state index contributed by atoms with van der Waals surface area (Å²) < 4.78 is 38.9. The molecule has 0 saturated carbocycles. The molecular weight excluding hydrogens is 576 g/mol. The van der Waals surface area contributed by atoms with Gasteiger partial charge in [0, 0.05) is 27.7 Å². The molecule has 0 aliphatic carbocycles. The minimum atomic E-state index is -4.68. The number of benzene rings is 4. The largest absolute Gasteiger partial charge is 1.00 e. The van der Waals surface area contributed by atoms with Crippen molar-refractivity contribution in [3.8, 4) is 11.5 Å². The van der Waals surface area contributed by atoms with Crippen molar-refractivity contribution in [2.45, 2.75) is 18.2 Å². The van der Waals surface area contributed by atoms with Gasteiger partial charge in [0.2, 0.25) is 0 Å². The van der Waals surface area contributed by atoms with Gasteiger partial charge in [-0.1, -0.05) is 60.1 Å². The summed E-state index contributed by atoms with van der Waals surface area (Å²) in [5.41, 5.74) is 0.0481. The number of carbonyl (C=O) groups is 1. The SMILES string of the molecule is CCc1c(Cl)ccc(S(=O)(=O)O)c1N=Nc1c([O-])c(C(=O)Nc2ccc(Cl)c(OC)c2)cc2ccccc12.[Na+]. The molecule has 4 aromatic carbocycles. The number of azo groups is 1. The van der Waals surface area contributed by atoms with E-state index in [-0.39, 0.29) is 57.9 Å². The number of amides is 1. The molecular formula is C26H20Cl2N3NaO6S. The van der Waals surface area contributed by atoms with E-state index < -0.39 is 26.7 Å². The third-order valence-corrected chi connectivity index (χ3v) is 7.25. The molecule has 4 aromatic rings. The average Bonchev–Trinajstić information content (AvgIpc) is 2.88. The van der Waals surface area contributed by atoms with Gasteiger partial charge in [-0.2, -0.15) is 13.5 Å². The van der Waals surface area contributed by atoms with Crippen LogP contribution in [-0.2, 0) is 16.5 Å². The molecule has 4 rings (SSSR count). The molecule has 0 radical (unpaired) electrons. The molecule has 0 atom stereocenters. The van der Waals surface area contributed by atoms with Crippen LogP contribution in [0.1, 0.15) is 22.8 Å². The van der Waals surface area contributed by atoms with E-state index in [9.17, 15) is 22.9 Å². The summed E-state index contributed by atoms with van der Waals surface area (Å²) in [4.78, 5) is 12.6. The molecule has 0 unspecified atom stereocenters. The van der Waals surface area contributed by atoms with Crippen LogP contribution < -0.4 is 44.7 Å². The smallest absolute Gasteiger partial charge is 0.870 e. The summed E-state index contributed by atoms with van der Waals surface area (Å²) in [6.45, 7) is 1.72. The molecule has 13 heteroatoms. The fourth-order valence-corrected chi connectivity index (χ4v) is 4.99. The van der Waals surface area contributed by atoms with E-state index in [0.717, 1.165) is 6.07 Å². The maximum Gasteiger partial charge on any atom is 1.00 e. The Kier molecular flexibility index (Phi) is 10.0. The zero-order valence-electron chi connectivity index (χ0n) is 21.0. The molecule has 0 aliphatic rings. The molecule has 2 N–H and O–H groups in total. The number of fused-ring (bicyclic) bond motifs is 1. The van der Waals surface area contributed by atoms with Gasteiger partial charge in [0.1, 0.15) is 16.3 Å². The van der Waals surface area contributed by atoms with Gasteiger partial charge in [-0.3, -0.25) is 9.35 Å². The minimum Gasteiger partial charge on any atom is -0.870 e. The van der Waals surface area contributed by atoms with Gasteiger partial charge in [0.15, 0.2) is 0 Å². The van der Waals surface area contributed by atoms with Gasteiger partial charge >= 0.3 is 29.6 Å².